The first-order valence-corrected chi connectivity index (χ1v) is 9.70. The minimum Gasteiger partial charge on any atom is -0.361 e. The van der Waals surface area contributed by atoms with Gasteiger partial charge >= 0.3 is 0 Å². The number of carbonyl (C=O) groups excluding carboxylic acids is 2. The predicted octanol–water partition coefficient (Wildman–Crippen LogP) is 4.19. The normalized spacial score (nSPS) is 15.6. The van der Waals surface area contributed by atoms with Gasteiger partial charge < -0.3 is 15.5 Å². The third kappa shape index (κ3) is 4.13. The van der Waals surface area contributed by atoms with Crippen molar-refractivity contribution >= 4 is 17.5 Å². The van der Waals surface area contributed by atoms with Crippen LogP contribution in [0.4, 0.5) is 5.69 Å². The highest BCUT2D eigenvalue weighted by atomic mass is 16.2. The van der Waals surface area contributed by atoms with E-state index in [1.807, 2.05) is 60.4 Å². The maximum Gasteiger partial charge on any atom is 0.256 e. The van der Waals surface area contributed by atoms with Crippen LogP contribution in [0.2, 0.25) is 0 Å². The summed E-state index contributed by atoms with van der Waals surface area (Å²) >= 11 is 0. The summed E-state index contributed by atoms with van der Waals surface area (Å²) in [6.45, 7) is 5.54. The van der Waals surface area contributed by atoms with Crippen LogP contribution in [0.25, 0.3) is 0 Å². The number of benzene rings is 2. The Hall–Kier alpha value is -2.82. The molecule has 0 spiro atoms. The van der Waals surface area contributed by atoms with E-state index < -0.39 is 0 Å². The van der Waals surface area contributed by atoms with Crippen LogP contribution in [0, 0.1) is 0 Å². The Morgan fingerprint density at radius 3 is 2.48 bits per heavy atom. The second-order valence-corrected chi connectivity index (χ2v) is 6.82. The Bertz CT molecular complexity index is 801. The average molecular weight is 365 g/mol. The molecule has 0 radical (unpaired) electrons. The summed E-state index contributed by atoms with van der Waals surface area (Å²) in [5.41, 5.74) is 3.29. The number of hydrogen-bond donors (Lipinski definition) is 2. The van der Waals surface area contributed by atoms with E-state index in [0.29, 0.717) is 12.1 Å². The van der Waals surface area contributed by atoms with E-state index in [-0.39, 0.29) is 18.0 Å². The van der Waals surface area contributed by atoms with Gasteiger partial charge in [-0.15, -0.1) is 0 Å². The molecule has 5 heteroatoms. The zero-order chi connectivity index (χ0) is 19.2. The molecule has 0 fully saturated rings. The van der Waals surface area contributed by atoms with E-state index in [4.69, 9.17) is 0 Å². The second kappa shape index (κ2) is 8.71. The van der Waals surface area contributed by atoms with Gasteiger partial charge in [-0.25, -0.2) is 0 Å². The highest BCUT2D eigenvalue weighted by molar-refractivity contribution is 5.99. The molecule has 1 aliphatic rings. The third-order valence-electron chi connectivity index (χ3n) is 4.80. The lowest BCUT2D eigenvalue weighted by Crippen LogP contribution is -2.33. The zero-order valence-electron chi connectivity index (χ0n) is 16.0. The van der Waals surface area contributed by atoms with Crippen LogP contribution in [-0.4, -0.2) is 29.8 Å². The lowest BCUT2D eigenvalue weighted by atomic mass is 10.1. The molecule has 27 heavy (non-hydrogen) atoms. The molecule has 0 saturated carbocycles. The van der Waals surface area contributed by atoms with Gasteiger partial charge in [-0.1, -0.05) is 38.5 Å². The van der Waals surface area contributed by atoms with Crippen LogP contribution in [0.15, 0.2) is 48.5 Å². The summed E-state index contributed by atoms with van der Waals surface area (Å²) in [6.07, 6.45) is 2.73. The number of rotatable bonds is 8. The van der Waals surface area contributed by atoms with Gasteiger partial charge in [-0.3, -0.25) is 9.59 Å². The van der Waals surface area contributed by atoms with Crippen LogP contribution in [0.5, 0.6) is 0 Å². The van der Waals surface area contributed by atoms with Crippen molar-refractivity contribution in [3.8, 4) is 0 Å². The summed E-state index contributed by atoms with van der Waals surface area (Å²) in [6, 6.07) is 15.2. The van der Waals surface area contributed by atoms with Crippen molar-refractivity contribution in [2.45, 2.75) is 39.3 Å². The van der Waals surface area contributed by atoms with Crippen LogP contribution >= 0.6 is 0 Å². The molecule has 0 aromatic heterocycles. The number of unbranched alkanes of at least 4 members (excludes halogenated alkanes) is 1. The van der Waals surface area contributed by atoms with Crippen molar-refractivity contribution in [2.75, 3.05) is 18.4 Å². The van der Waals surface area contributed by atoms with Gasteiger partial charge in [0.25, 0.3) is 11.8 Å². The fourth-order valence-electron chi connectivity index (χ4n) is 3.30. The van der Waals surface area contributed by atoms with Crippen molar-refractivity contribution < 1.29 is 9.59 Å². The lowest BCUT2D eigenvalue weighted by molar-refractivity contribution is 0.0740. The minimum absolute atomic E-state index is 0.0608. The maximum atomic E-state index is 12.8. The first-order chi connectivity index (χ1) is 13.2. The monoisotopic (exact) mass is 365 g/mol. The molecule has 0 aliphatic carbocycles. The SMILES string of the molecule is CCCCN1C(=O)c2ccccc2C1Nc1ccc(C(=O)NCCC)cc1. The van der Waals surface area contributed by atoms with Crippen molar-refractivity contribution in [2.24, 2.45) is 0 Å². The molecular formula is C22H27N3O2. The van der Waals surface area contributed by atoms with Gasteiger partial charge in [-0.2, -0.15) is 0 Å². The fraction of sp³-hybridized carbons (Fsp3) is 0.364. The first-order valence-electron chi connectivity index (χ1n) is 9.70. The molecule has 1 unspecified atom stereocenters. The predicted molar refractivity (Wildman–Crippen MR) is 108 cm³/mol. The molecular weight excluding hydrogens is 338 g/mol. The maximum absolute atomic E-state index is 12.8. The molecule has 2 aromatic carbocycles. The van der Waals surface area contributed by atoms with E-state index in [9.17, 15) is 9.59 Å². The van der Waals surface area contributed by atoms with Crippen molar-refractivity contribution in [1.29, 1.82) is 0 Å². The summed E-state index contributed by atoms with van der Waals surface area (Å²) in [7, 11) is 0. The van der Waals surface area contributed by atoms with Crippen molar-refractivity contribution in [1.82, 2.24) is 10.2 Å². The van der Waals surface area contributed by atoms with E-state index in [1.54, 1.807) is 0 Å². The number of amides is 2. The first kappa shape index (κ1) is 19.0. The quantitative estimate of drug-likeness (QED) is 0.737. The van der Waals surface area contributed by atoms with Crippen LogP contribution in [0.3, 0.4) is 0 Å². The van der Waals surface area contributed by atoms with Gasteiger partial charge in [-0.05, 0) is 43.2 Å². The Balaban J connectivity index is 1.78. The van der Waals surface area contributed by atoms with Crippen LogP contribution in [-0.2, 0) is 0 Å². The fourth-order valence-corrected chi connectivity index (χ4v) is 3.30. The standard InChI is InChI=1S/C22H27N3O2/c1-3-5-15-25-20(18-8-6-7-9-19(18)22(25)27)24-17-12-10-16(11-13-17)21(26)23-14-4-2/h6-13,20,24H,3-5,14-15H2,1-2H3,(H,23,26). The zero-order valence-corrected chi connectivity index (χ0v) is 16.0. The van der Waals surface area contributed by atoms with Gasteiger partial charge in [0, 0.05) is 35.5 Å². The van der Waals surface area contributed by atoms with E-state index >= 15 is 0 Å². The topological polar surface area (TPSA) is 61.4 Å². The highest BCUT2D eigenvalue weighted by Gasteiger charge is 2.35. The molecule has 2 N–H and O–H groups in total. The molecule has 2 aromatic rings. The van der Waals surface area contributed by atoms with Gasteiger partial charge in [0.2, 0.25) is 0 Å². The van der Waals surface area contributed by atoms with Gasteiger partial charge in [0.1, 0.15) is 6.17 Å². The highest BCUT2D eigenvalue weighted by Crippen LogP contribution is 2.34. The Labute approximate surface area is 160 Å². The molecule has 2 amide bonds. The third-order valence-corrected chi connectivity index (χ3v) is 4.80. The van der Waals surface area contributed by atoms with Gasteiger partial charge in [0.15, 0.2) is 0 Å². The summed E-state index contributed by atoms with van der Waals surface area (Å²) in [4.78, 5) is 26.7. The van der Waals surface area contributed by atoms with Gasteiger partial charge in [0.05, 0.1) is 0 Å². The molecule has 142 valence electrons. The summed E-state index contributed by atoms with van der Waals surface area (Å²) in [5.74, 6) is 0.0153. The summed E-state index contributed by atoms with van der Waals surface area (Å²) in [5, 5.41) is 6.35. The van der Waals surface area contributed by atoms with E-state index in [1.165, 1.54) is 0 Å². The minimum atomic E-state index is -0.181. The smallest absolute Gasteiger partial charge is 0.256 e. The Morgan fingerprint density at radius 2 is 1.78 bits per heavy atom. The number of nitrogens with one attached hydrogen (secondary N) is 2. The Kier molecular flexibility index (Phi) is 6.12. The molecule has 1 atom stereocenters. The molecule has 3 rings (SSSR count). The molecule has 0 saturated heterocycles. The number of carbonyl (C=O) groups is 2. The van der Waals surface area contributed by atoms with Crippen molar-refractivity contribution in [3.05, 3.63) is 65.2 Å². The summed E-state index contributed by atoms with van der Waals surface area (Å²) < 4.78 is 0. The van der Waals surface area contributed by atoms with E-state index in [0.717, 1.165) is 42.6 Å². The average Bonchev–Trinajstić information content (AvgIpc) is 2.96. The number of fused-ring (bicyclic) bond motifs is 1. The molecule has 5 nitrogen and oxygen atoms in total. The van der Waals surface area contributed by atoms with Crippen LogP contribution < -0.4 is 10.6 Å². The number of anilines is 1. The molecule has 1 aliphatic heterocycles. The molecule has 1 heterocycles. The van der Waals surface area contributed by atoms with E-state index in [2.05, 4.69) is 17.6 Å². The lowest BCUT2D eigenvalue weighted by Gasteiger charge is -2.27. The largest absolute Gasteiger partial charge is 0.361 e. The van der Waals surface area contributed by atoms with Crippen LogP contribution in [0.1, 0.15) is 65.6 Å². The number of hydrogen-bond acceptors (Lipinski definition) is 3. The number of nitrogens with zero attached hydrogens (tertiary/aromatic N) is 1. The molecule has 0 bridgehead atoms. The second-order valence-electron chi connectivity index (χ2n) is 6.82. The van der Waals surface area contributed by atoms with Crippen molar-refractivity contribution in [3.63, 3.8) is 0 Å². The Morgan fingerprint density at radius 1 is 1.04 bits per heavy atom.